The molecule has 6 heteroatoms. The van der Waals surface area contributed by atoms with Gasteiger partial charge in [-0.3, -0.25) is 4.98 Å². The van der Waals surface area contributed by atoms with Crippen LogP contribution in [0.4, 0.5) is 18.9 Å². The molecule has 1 aromatic heterocycles. The van der Waals surface area contributed by atoms with E-state index in [4.69, 9.17) is 5.11 Å². The second kappa shape index (κ2) is 7.74. The number of halogens is 3. The Balaban J connectivity index is 1.95. The van der Waals surface area contributed by atoms with Crippen LogP contribution < -0.4 is 5.32 Å². The van der Waals surface area contributed by atoms with Crippen LogP contribution in [0.5, 0.6) is 0 Å². The molecule has 0 aliphatic carbocycles. The number of aromatic nitrogens is 1. The largest absolute Gasteiger partial charge is 0.416 e. The molecule has 1 atom stereocenters. The van der Waals surface area contributed by atoms with Gasteiger partial charge in [0.15, 0.2) is 0 Å². The Kier molecular flexibility index (Phi) is 5.42. The van der Waals surface area contributed by atoms with Crippen LogP contribution in [-0.2, 0) is 6.18 Å². The Morgan fingerprint density at radius 1 is 1.04 bits per heavy atom. The predicted molar refractivity (Wildman–Crippen MR) is 95.9 cm³/mol. The highest BCUT2D eigenvalue weighted by Gasteiger charge is 2.30. The van der Waals surface area contributed by atoms with E-state index in [0.29, 0.717) is 23.7 Å². The minimum absolute atomic E-state index is 0.0590. The minimum atomic E-state index is -4.40. The SMILES string of the molecule is OCCCC(Nc1ccnc2cc(C(F)(F)F)ccc12)c1ccccc1. The summed E-state index contributed by atoms with van der Waals surface area (Å²) < 4.78 is 38.8. The molecule has 1 heterocycles. The molecule has 0 radical (unpaired) electrons. The van der Waals surface area contributed by atoms with Gasteiger partial charge in [0, 0.05) is 23.9 Å². The van der Waals surface area contributed by atoms with Gasteiger partial charge in [0.2, 0.25) is 0 Å². The molecular weight excluding hydrogens is 341 g/mol. The molecule has 0 amide bonds. The number of benzene rings is 2. The van der Waals surface area contributed by atoms with Crippen molar-refractivity contribution in [3.05, 3.63) is 71.9 Å². The van der Waals surface area contributed by atoms with E-state index in [1.165, 1.54) is 12.3 Å². The lowest BCUT2D eigenvalue weighted by Gasteiger charge is -2.21. The lowest BCUT2D eigenvalue weighted by molar-refractivity contribution is -0.137. The third-order valence-corrected chi connectivity index (χ3v) is 4.25. The fraction of sp³-hybridized carbons (Fsp3) is 0.250. The van der Waals surface area contributed by atoms with Gasteiger partial charge >= 0.3 is 6.18 Å². The number of anilines is 1. The van der Waals surface area contributed by atoms with E-state index < -0.39 is 11.7 Å². The van der Waals surface area contributed by atoms with Crippen LogP contribution in [0.25, 0.3) is 10.9 Å². The van der Waals surface area contributed by atoms with E-state index in [2.05, 4.69) is 10.3 Å². The average molecular weight is 360 g/mol. The van der Waals surface area contributed by atoms with Gasteiger partial charge in [0.05, 0.1) is 17.1 Å². The molecule has 0 saturated carbocycles. The lowest BCUT2D eigenvalue weighted by Crippen LogP contribution is -2.12. The van der Waals surface area contributed by atoms with Crippen molar-refractivity contribution in [1.82, 2.24) is 4.98 Å². The van der Waals surface area contributed by atoms with E-state index in [1.54, 1.807) is 6.07 Å². The number of hydrogen-bond donors (Lipinski definition) is 2. The topological polar surface area (TPSA) is 45.1 Å². The Hall–Kier alpha value is -2.60. The van der Waals surface area contributed by atoms with Crippen LogP contribution in [0.3, 0.4) is 0 Å². The highest BCUT2D eigenvalue weighted by atomic mass is 19.4. The molecule has 0 fully saturated rings. The van der Waals surface area contributed by atoms with Crippen molar-refractivity contribution in [1.29, 1.82) is 0 Å². The Labute approximate surface area is 149 Å². The highest BCUT2D eigenvalue weighted by Crippen LogP contribution is 2.34. The number of aliphatic hydroxyl groups is 1. The molecule has 2 aromatic carbocycles. The van der Waals surface area contributed by atoms with Gasteiger partial charge in [-0.15, -0.1) is 0 Å². The van der Waals surface area contributed by atoms with Crippen molar-refractivity contribution in [2.75, 3.05) is 11.9 Å². The molecule has 0 aliphatic rings. The molecule has 0 spiro atoms. The first-order chi connectivity index (χ1) is 12.5. The van der Waals surface area contributed by atoms with Crippen molar-refractivity contribution < 1.29 is 18.3 Å². The summed E-state index contributed by atoms with van der Waals surface area (Å²) in [4.78, 5) is 4.08. The van der Waals surface area contributed by atoms with E-state index in [1.807, 2.05) is 30.3 Å². The number of rotatable bonds is 6. The highest BCUT2D eigenvalue weighted by molar-refractivity contribution is 5.91. The van der Waals surface area contributed by atoms with Gasteiger partial charge in [-0.1, -0.05) is 36.4 Å². The van der Waals surface area contributed by atoms with Crippen molar-refractivity contribution in [2.24, 2.45) is 0 Å². The molecule has 3 aromatic rings. The standard InChI is InChI=1S/C20H19F3N2O/c21-20(22,23)15-8-9-16-18(10-11-24-19(16)13-15)25-17(7-4-12-26)14-5-2-1-3-6-14/h1-3,5-6,8-11,13,17,26H,4,7,12H2,(H,24,25). The van der Waals surface area contributed by atoms with Gasteiger partial charge in [0.1, 0.15) is 0 Å². The summed E-state index contributed by atoms with van der Waals surface area (Å²) in [6, 6.07) is 15.0. The van der Waals surface area contributed by atoms with Crippen molar-refractivity contribution >= 4 is 16.6 Å². The second-order valence-electron chi connectivity index (χ2n) is 6.06. The minimum Gasteiger partial charge on any atom is -0.396 e. The molecule has 0 bridgehead atoms. The zero-order valence-electron chi connectivity index (χ0n) is 14.0. The van der Waals surface area contributed by atoms with Crippen LogP contribution in [0.2, 0.25) is 0 Å². The molecule has 3 nitrogen and oxygen atoms in total. The number of nitrogens with zero attached hydrogens (tertiary/aromatic N) is 1. The summed E-state index contributed by atoms with van der Waals surface area (Å²) >= 11 is 0. The Bertz CT molecular complexity index is 866. The van der Waals surface area contributed by atoms with Crippen LogP contribution >= 0.6 is 0 Å². The number of alkyl halides is 3. The number of pyridine rings is 1. The first kappa shape index (κ1) is 18.2. The average Bonchev–Trinajstić information content (AvgIpc) is 2.64. The number of aliphatic hydroxyl groups excluding tert-OH is 1. The first-order valence-electron chi connectivity index (χ1n) is 8.37. The van der Waals surface area contributed by atoms with Crippen molar-refractivity contribution in [3.63, 3.8) is 0 Å². The van der Waals surface area contributed by atoms with Gasteiger partial charge in [-0.2, -0.15) is 13.2 Å². The zero-order chi connectivity index (χ0) is 18.6. The summed E-state index contributed by atoms with van der Waals surface area (Å²) in [7, 11) is 0. The van der Waals surface area contributed by atoms with Gasteiger partial charge in [-0.25, -0.2) is 0 Å². The molecular formula is C20H19F3N2O. The summed E-state index contributed by atoms with van der Waals surface area (Å²) in [5.41, 5.74) is 1.35. The molecule has 3 rings (SSSR count). The summed E-state index contributed by atoms with van der Waals surface area (Å²) in [5.74, 6) is 0. The van der Waals surface area contributed by atoms with Crippen LogP contribution in [-0.4, -0.2) is 16.7 Å². The fourth-order valence-electron chi connectivity index (χ4n) is 2.94. The molecule has 136 valence electrons. The number of fused-ring (bicyclic) bond motifs is 1. The predicted octanol–water partition coefficient (Wildman–Crippen LogP) is 5.18. The molecule has 26 heavy (non-hydrogen) atoms. The number of hydrogen-bond acceptors (Lipinski definition) is 3. The monoisotopic (exact) mass is 360 g/mol. The first-order valence-corrected chi connectivity index (χ1v) is 8.37. The Morgan fingerprint density at radius 3 is 2.50 bits per heavy atom. The zero-order valence-corrected chi connectivity index (χ0v) is 14.0. The smallest absolute Gasteiger partial charge is 0.396 e. The molecule has 1 unspecified atom stereocenters. The maximum atomic E-state index is 12.9. The van der Waals surface area contributed by atoms with E-state index in [9.17, 15) is 13.2 Å². The molecule has 0 aliphatic heterocycles. The van der Waals surface area contributed by atoms with Crippen LogP contribution in [0.1, 0.15) is 30.0 Å². The summed E-state index contributed by atoms with van der Waals surface area (Å²) in [5, 5.41) is 13.2. The van der Waals surface area contributed by atoms with E-state index >= 15 is 0 Å². The quantitative estimate of drug-likeness (QED) is 0.637. The van der Waals surface area contributed by atoms with Crippen molar-refractivity contribution in [2.45, 2.75) is 25.1 Å². The van der Waals surface area contributed by atoms with Gasteiger partial charge < -0.3 is 10.4 Å². The van der Waals surface area contributed by atoms with E-state index in [-0.39, 0.29) is 12.6 Å². The third-order valence-electron chi connectivity index (χ3n) is 4.25. The third kappa shape index (κ3) is 4.14. The summed E-state index contributed by atoms with van der Waals surface area (Å²) in [6.07, 6.45) is -1.58. The normalized spacial score (nSPS) is 12.9. The maximum Gasteiger partial charge on any atom is 0.416 e. The molecule has 0 saturated heterocycles. The van der Waals surface area contributed by atoms with Gasteiger partial charge in [-0.05, 0) is 36.6 Å². The Morgan fingerprint density at radius 2 is 1.81 bits per heavy atom. The molecule has 2 N–H and O–H groups in total. The maximum absolute atomic E-state index is 12.9. The van der Waals surface area contributed by atoms with Gasteiger partial charge in [0.25, 0.3) is 0 Å². The second-order valence-corrected chi connectivity index (χ2v) is 6.06. The fourth-order valence-corrected chi connectivity index (χ4v) is 2.94. The number of nitrogens with one attached hydrogen (secondary N) is 1. The van der Waals surface area contributed by atoms with Crippen LogP contribution in [0, 0.1) is 0 Å². The summed E-state index contributed by atoms with van der Waals surface area (Å²) in [6.45, 7) is 0.0804. The van der Waals surface area contributed by atoms with E-state index in [0.717, 1.165) is 23.4 Å². The lowest BCUT2D eigenvalue weighted by atomic mass is 10.0. The van der Waals surface area contributed by atoms with Crippen molar-refractivity contribution in [3.8, 4) is 0 Å². The van der Waals surface area contributed by atoms with Crippen LogP contribution in [0.15, 0.2) is 60.8 Å².